The van der Waals surface area contributed by atoms with Gasteiger partial charge in [0.05, 0.1) is 11.7 Å². The molecule has 1 aromatic heterocycles. The van der Waals surface area contributed by atoms with Crippen LogP contribution in [0.1, 0.15) is 25.6 Å². The third kappa shape index (κ3) is 2.82. The summed E-state index contributed by atoms with van der Waals surface area (Å²) in [7, 11) is 0. The van der Waals surface area contributed by atoms with Crippen molar-refractivity contribution in [1.82, 2.24) is 10.1 Å². The number of hydrogen-bond acceptors (Lipinski definition) is 5. The van der Waals surface area contributed by atoms with Crippen molar-refractivity contribution in [3.63, 3.8) is 0 Å². The van der Waals surface area contributed by atoms with Gasteiger partial charge < -0.3 is 14.6 Å². The molecule has 1 aliphatic rings. The number of nitrogens with one attached hydrogen (secondary N) is 1. The van der Waals surface area contributed by atoms with Crippen LogP contribution >= 0.6 is 0 Å². The zero-order valence-electron chi connectivity index (χ0n) is 11.8. The SMILES string of the molecule is Cc1noc(-c2ccccc2NC2CCOC(C)C2)n1. The molecule has 2 atom stereocenters. The van der Waals surface area contributed by atoms with Crippen LogP contribution in [0.3, 0.4) is 0 Å². The third-order valence-electron chi connectivity index (χ3n) is 3.53. The second-order valence-corrected chi connectivity index (χ2v) is 5.24. The second kappa shape index (κ2) is 5.63. The molecular weight excluding hydrogens is 254 g/mol. The van der Waals surface area contributed by atoms with E-state index in [1.807, 2.05) is 25.1 Å². The highest BCUT2D eigenvalue weighted by molar-refractivity contribution is 5.72. The first-order valence-electron chi connectivity index (χ1n) is 7.00. The Labute approximate surface area is 118 Å². The molecule has 0 amide bonds. The van der Waals surface area contributed by atoms with Gasteiger partial charge in [-0.3, -0.25) is 0 Å². The monoisotopic (exact) mass is 273 g/mol. The molecule has 1 N–H and O–H groups in total. The highest BCUT2D eigenvalue weighted by atomic mass is 16.5. The summed E-state index contributed by atoms with van der Waals surface area (Å²) in [5, 5.41) is 7.44. The van der Waals surface area contributed by atoms with Crippen LogP contribution in [0.5, 0.6) is 0 Å². The Morgan fingerprint density at radius 2 is 2.15 bits per heavy atom. The third-order valence-corrected chi connectivity index (χ3v) is 3.53. The Morgan fingerprint density at radius 3 is 2.90 bits per heavy atom. The Bertz CT molecular complexity index is 582. The molecule has 3 rings (SSSR count). The van der Waals surface area contributed by atoms with E-state index in [4.69, 9.17) is 9.26 Å². The molecule has 106 valence electrons. The summed E-state index contributed by atoms with van der Waals surface area (Å²) in [5.41, 5.74) is 1.99. The minimum absolute atomic E-state index is 0.305. The van der Waals surface area contributed by atoms with Gasteiger partial charge in [0.1, 0.15) is 0 Å². The van der Waals surface area contributed by atoms with E-state index in [0.717, 1.165) is 30.7 Å². The number of para-hydroxylation sites is 1. The van der Waals surface area contributed by atoms with Gasteiger partial charge in [0.25, 0.3) is 5.89 Å². The summed E-state index contributed by atoms with van der Waals surface area (Å²) in [6.07, 6.45) is 2.33. The van der Waals surface area contributed by atoms with Gasteiger partial charge in [0.2, 0.25) is 0 Å². The van der Waals surface area contributed by atoms with E-state index in [1.54, 1.807) is 0 Å². The predicted molar refractivity (Wildman–Crippen MR) is 76.5 cm³/mol. The van der Waals surface area contributed by atoms with Crippen LogP contribution in [-0.2, 0) is 4.74 Å². The Balaban J connectivity index is 1.83. The van der Waals surface area contributed by atoms with Crippen molar-refractivity contribution in [3.05, 3.63) is 30.1 Å². The highest BCUT2D eigenvalue weighted by Crippen LogP contribution is 2.28. The average molecular weight is 273 g/mol. The molecule has 20 heavy (non-hydrogen) atoms. The van der Waals surface area contributed by atoms with Crippen LogP contribution in [0.25, 0.3) is 11.5 Å². The quantitative estimate of drug-likeness (QED) is 0.931. The van der Waals surface area contributed by atoms with Crippen molar-refractivity contribution < 1.29 is 9.26 Å². The van der Waals surface area contributed by atoms with Gasteiger partial charge in [-0.15, -0.1) is 0 Å². The van der Waals surface area contributed by atoms with Crippen molar-refractivity contribution in [1.29, 1.82) is 0 Å². The molecule has 0 saturated carbocycles. The van der Waals surface area contributed by atoms with Gasteiger partial charge in [0.15, 0.2) is 5.82 Å². The summed E-state index contributed by atoms with van der Waals surface area (Å²) < 4.78 is 10.9. The topological polar surface area (TPSA) is 60.2 Å². The molecule has 2 unspecified atom stereocenters. The van der Waals surface area contributed by atoms with E-state index in [-0.39, 0.29) is 0 Å². The maximum absolute atomic E-state index is 5.58. The summed E-state index contributed by atoms with van der Waals surface area (Å²) >= 11 is 0. The first-order valence-corrected chi connectivity index (χ1v) is 7.00. The smallest absolute Gasteiger partial charge is 0.260 e. The fraction of sp³-hybridized carbons (Fsp3) is 0.467. The van der Waals surface area contributed by atoms with Crippen molar-refractivity contribution in [2.45, 2.75) is 38.8 Å². The van der Waals surface area contributed by atoms with Crippen LogP contribution in [0.4, 0.5) is 5.69 Å². The molecule has 2 aromatic rings. The van der Waals surface area contributed by atoms with Gasteiger partial charge in [-0.1, -0.05) is 17.3 Å². The minimum Gasteiger partial charge on any atom is -0.381 e. The number of hydrogen-bond donors (Lipinski definition) is 1. The van der Waals surface area contributed by atoms with E-state index in [1.165, 1.54) is 0 Å². The van der Waals surface area contributed by atoms with Crippen LogP contribution in [-0.4, -0.2) is 28.9 Å². The fourth-order valence-corrected chi connectivity index (χ4v) is 2.55. The molecule has 0 bridgehead atoms. The zero-order valence-corrected chi connectivity index (χ0v) is 11.8. The number of ether oxygens (including phenoxy) is 1. The van der Waals surface area contributed by atoms with Crippen molar-refractivity contribution in [2.24, 2.45) is 0 Å². The maximum atomic E-state index is 5.58. The fourth-order valence-electron chi connectivity index (χ4n) is 2.55. The number of aromatic nitrogens is 2. The first-order chi connectivity index (χ1) is 9.72. The zero-order chi connectivity index (χ0) is 13.9. The molecule has 1 aliphatic heterocycles. The molecule has 0 radical (unpaired) electrons. The standard InChI is InChI=1S/C15H19N3O2/c1-10-9-12(7-8-19-10)17-14-6-4-3-5-13(14)15-16-11(2)18-20-15/h3-6,10,12,17H,7-9H2,1-2H3. The molecule has 2 heterocycles. The van der Waals surface area contributed by atoms with Crippen LogP contribution in [0.2, 0.25) is 0 Å². The van der Waals surface area contributed by atoms with Gasteiger partial charge in [-0.2, -0.15) is 4.98 Å². The number of rotatable bonds is 3. The molecule has 0 spiro atoms. The summed E-state index contributed by atoms with van der Waals surface area (Å²) in [4.78, 5) is 4.31. The van der Waals surface area contributed by atoms with E-state index < -0.39 is 0 Å². The summed E-state index contributed by atoms with van der Waals surface area (Å²) in [5.74, 6) is 1.21. The van der Waals surface area contributed by atoms with Crippen LogP contribution < -0.4 is 5.32 Å². The predicted octanol–water partition coefficient (Wildman–Crippen LogP) is 3.02. The lowest BCUT2D eigenvalue weighted by Crippen LogP contribution is -2.32. The number of nitrogens with zero attached hydrogens (tertiary/aromatic N) is 2. The Hall–Kier alpha value is -1.88. The molecular formula is C15H19N3O2. The largest absolute Gasteiger partial charge is 0.381 e. The highest BCUT2D eigenvalue weighted by Gasteiger charge is 2.20. The Kier molecular flexibility index (Phi) is 3.69. The number of anilines is 1. The lowest BCUT2D eigenvalue weighted by atomic mass is 10.0. The molecule has 1 aromatic carbocycles. The van der Waals surface area contributed by atoms with E-state index in [0.29, 0.717) is 23.9 Å². The normalized spacial score (nSPS) is 22.7. The van der Waals surface area contributed by atoms with E-state index in [2.05, 4.69) is 28.4 Å². The molecule has 0 aliphatic carbocycles. The van der Waals surface area contributed by atoms with Crippen molar-refractivity contribution in [2.75, 3.05) is 11.9 Å². The van der Waals surface area contributed by atoms with Gasteiger partial charge in [-0.25, -0.2) is 0 Å². The molecule has 5 heteroatoms. The van der Waals surface area contributed by atoms with Crippen molar-refractivity contribution >= 4 is 5.69 Å². The Morgan fingerprint density at radius 1 is 1.30 bits per heavy atom. The number of benzene rings is 1. The average Bonchev–Trinajstić information content (AvgIpc) is 2.86. The summed E-state index contributed by atoms with van der Waals surface area (Å²) in [6, 6.07) is 8.46. The van der Waals surface area contributed by atoms with E-state index >= 15 is 0 Å². The lowest BCUT2D eigenvalue weighted by molar-refractivity contribution is 0.0232. The van der Waals surface area contributed by atoms with Crippen molar-refractivity contribution in [3.8, 4) is 11.5 Å². The minimum atomic E-state index is 0.305. The molecule has 1 saturated heterocycles. The van der Waals surface area contributed by atoms with Crippen LogP contribution in [0.15, 0.2) is 28.8 Å². The van der Waals surface area contributed by atoms with Gasteiger partial charge in [-0.05, 0) is 38.8 Å². The molecule has 1 fully saturated rings. The second-order valence-electron chi connectivity index (χ2n) is 5.24. The van der Waals surface area contributed by atoms with E-state index in [9.17, 15) is 0 Å². The first kappa shape index (κ1) is 13.1. The van der Waals surface area contributed by atoms with Crippen LogP contribution in [0, 0.1) is 6.92 Å². The lowest BCUT2D eigenvalue weighted by Gasteiger charge is -2.29. The molecule has 5 nitrogen and oxygen atoms in total. The maximum Gasteiger partial charge on any atom is 0.260 e. The summed E-state index contributed by atoms with van der Waals surface area (Å²) in [6.45, 7) is 4.74. The van der Waals surface area contributed by atoms with Gasteiger partial charge >= 0.3 is 0 Å². The number of aryl methyl sites for hydroxylation is 1. The van der Waals surface area contributed by atoms with Gasteiger partial charge in [0, 0.05) is 18.3 Å².